The van der Waals surface area contributed by atoms with E-state index in [1.54, 1.807) is 87.9 Å². The lowest BCUT2D eigenvalue weighted by Gasteiger charge is -2.42. The number of likely N-dealkylation sites (N-methyl/N-ethyl adjacent to an activating group) is 1. The Kier molecular flexibility index (Phi) is 24.4. The van der Waals surface area contributed by atoms with Crippen LogP contribution in [0.15, 0.2) is 116 Å². The average Bonchev–Trinajstić information content (AvgIpc) is 1.94. The summed E-state index contributed by atoms with van der Waals surface area (Å²) in [6.45, 7) is 5.44. The number of pyridine rings is 1. The number of methoxy groups -OCH3 is 1. The summed E-state index contributed by atoms with van der Waals surface area (Å²) in [6, 6.07) is 30.5. The Morgan fingerprint density at radius 2 is 1.44 bits per heavy atom. The number of amides is 6. The molecule has 22 heteroatoms. The predicted molar refractivity (Wildman–Crippen MR) is 329 cm³/mol. The molecule has 2 fully saturated rings. The molecule has 1 aliphatic heterocycles. The summed E-state index contributed by atoms with van der Waals surface area (Å²) in [6.07, 6.45) is 7.03. The number of benzene rings is 4. The molecule has 1 aromatic heterocycles. The fourth-order valence-electron chi connectivity index (χ4n) is 11.3. The number of aromatic nitrogens is 1. The largest absolute Gasteiger partial charge is 0.467 e. The Bertz CT molecular complexity index is 3200. The van der Waals surface area contributed by atoms with Crippen LogP contribution in [0.4, 0.5) is 21.0 Å². The summed E-state index contributed by atoms with van der Waals surface area (Å²) in [5.74, 6) is -3.78. The van der Waals surface area contributed by atoms with Gasteiger partial charge in [-0.3, -0.25) is 33.8 Å². The maximum absolute atomic E-state index is 13.7. The van der Waals surface area contributed by atoms with E-state index in [9.17, 15) is 38.4 Å². The summed E-state index contributed by atoms with van der Waals surface area (Å²) >= 11 is 0. The number of fused-ring (bicyclic) bond motifs is 3. The topological polar surface area (TPSA) is 269 Å². The van der Waals surface area contributed by atoms with Crippen LogP contribution in [0.25, 0.3) is 11.1 Å². The number of ether oxygens (including phenoxy) is 6. The van der Waals surface area contributed by atoms with E-state index in [0.717, 1.165) is 73.6 Å². The Morgan fingerprint density at radius 1 is 0.719 bits per heavy atom. The number of carbonyl (C=O) groups is 8. The number of anilines is 2. The van der Waals surface area contributed by atoms with Crippen molar-refractivity contribution >= 4 is 59.1 Å². The van der Waals surface area contributed by atoms with Gasteiger partial charge in [-0.2, -0.15) is 0 Å². The predicted octanol–water partition coefficient (Wildman–Crippen LogP) is 9.65. The van der Waals surface area contributed by atoms with E-state index in [2.05, 4.69) is 26.3 Å². The number of urea groups is 1. The third-order valence-electron chi connectivity index (χ3n) is 16.2. The number of hydroxylamine groups is 2. The smallest absolute Gasteiger partial charge is 0.407 e. The van der Waals surface area contributed by atoms with Crippen molar-refractivity contribution in [2.45, 2.75) is 135 Å². The molecule has 474 valence electrons. The Morgan fingerprint density at radius 3 is 2.16 bits per heavy atom. The van der Waals surface area contributed by atoms with Gasteiger partial charge in [0.15, 0.2) is 6.10 Å². The van der Waals surface area contributed by atoms with Crippen molar-refractivity contribution in [3.05, 3.63) is 143 Å². The van der Waals surface area contributed by atoms with Crippen LogP contribution in [0.3, 0.4) is 0 Å². The Balaban J connectivity index is 0.829. The highest BCUT2D eigenvalue weighted by molar-refractivity contribution is 5.95. The lowest BCUT2D eigenvalue weighted by atomic mass is 9.84. The molecule has 5 atom stereocenters. The lowest BCUT2D eigenvalue weighted by molar-refractivity contribution is -0.243. The van der Waals surface area contributed by atoms with Crippen molar-refractivity contribution in [1.29, 1.82) is 0 Å². The first kappa shape index (κ1) is 66.1. The first-order valence-corrected chi connectivity index (χ1v) is 30.6. The molecule has 2 aliphatic carbocycles. The number of hydrogen-bond donors (Lipinski definition) is 4. The second kappa shape index (κ2) is 32.9. The fourth-order valence-corrected chi connectivity index (χ4v) is 11.3. The second-order valence-electron chi connectivity index (χ2n) is 22.6. The molecule has 1 saturated heterocycles. The number of nitrogens with zero attached hydrogens (tertiary/aromatic N) is 3. The number of alkyl carbamates (subject to hydrolysis) is 1. The Hall–Kier alpha value is -8.89. The number of nitrogens with one attached hydrogen (secondary N) is 4. The quantitative estimate of drug-likeness (QED) is 0.0157. The van der Waals surface area contributed by atoms with Crippen LogP contribution >= 0.6 is 0 Å². The van der Waals surface area contributed by atoms with Crippen LogP contribution < -0.4 is 26.0 Å². The van der Waals surface area contributed by atoms with Gasteiger partial charge in [0, 0.05) is 87.8 Å². The van der Waals surface area contributed by atoms with Crippen molar-refractivity contribution < 1.29 is 71.6 Å². The van der Waals surface area contributed by atoms with Crippen molar-refractivity contribution in [2.75, 3.05) is 57.6 Å². The van der Waals surface area contributed by atoms with Gasteiger partial charge < -0.3 is 54.6 Å². The van der Waals surface area contributed by atoms with E-state index in [1.807, 2.05) is 48.5 Å². The van der Waals surface area contributed by atoms with Crippen LogP contribution in [0, 0.1) is 11.8 Å². The van der Waals surface area contributed by atoms with Gasteiger partial charge in [0.2, 0.25) is 18.1 Å². The van der Waals surface area contributed by atoms with Gasteiger partial charge in [0.25, 0.3) is 5.91 Å². The van der Waals surface area contributed by atoms with Crippen molar-refractivity contribution in [1.82, 2.24) is 25.6 Å². The summed E-state index contributed by atoms with van der Waals surface area (Å²) < 4.78 is 34.4. The van der Waals surface area contributed by atoms with Crippen LogP contribution in [0.2, 0.25) is 0 Å². The van der Waals surface area contributed by atoms with E-state index in [1.165, 1.54) is 24.0 Å². The standard InChI is InChI=1S/C67H81N7O15/c1-43-44(2)65(89-62(64(80)83-5)61(43)87-45(3)75)88-57-28-27-47(39-56(57)72-58(76)31-35-70-67(82)85-42-55-53-24-14-12-22-51(53)52-23-13-15-25-54(52)55)41-84-60(78)40-46-18-17-19-48(38-46)63(79)73(4)36-37-86-74(50-20-9-8-10-21-50)59(77)26-11-6-7-16-32-69-66(81)71-49-29-33-68-34-30-49/h12-15,17-19,22-25,27-30,33-34,38-39,43-44,50,55,61-62,65H,6-11,16,20-21,26,31-32,35-37,40-42H2,1-5H3,(H,70,82)(H,72,76)(H2,68,69,71,81)/t43-,44-,61+,62+,65-/m1/s1. The summed E-state index contributed by atoms with van der Waals surface area (Å²) in [5, 5.41) is 12.7. The second-order valence-corrected chi connectivity index (χ2v) is 22.6. The van der Waals surface area contributed by atoms with E-state index in [0.29, 0.717) is 41.8 Å². The molecule has 5 aromatic rings. The molecule has 0 bridgehead atoms. The maximum atomic E-state index is 13.7. The number of carbonyl (C=O) groups excluding carboxylic acids is 8. The van der Waals surface area contributed by atoms with Gasteiger partial charge in [0.1, 0.15) is 25.1 Å². The number of esters is 3. The normalized spacial score (nSPS) is 17.8. The molecule has 3 aliphatic rings. The van der Waals surface area contributed by atoms with Crippen molar-refractivity contribution in [2.24, 2.45) is 11.8 Å². The van der Waals surface area contributed by atoms with Gasteiger partial charge in [-0.15, -0.1) is 0 Å². The minimum Gasteiger partial charge on any atom is -0.467 e. The third-order valence-corrected chi connectivity index (χ3v) is 16.2. The third kappa shape index (κ3) is 18.8. The Labute approximate surface area is 518 Å². The molecule has 22 nitrogen and oxygen atoms in total. The molecule has 8 rings (SSSR count). The zero-order valence-corrected chi connectivity index (χ0v) is 51.2. The molecule has 0 unspecified atom stereocenters. The molecular formula is C67H81N7O15. The van der Waals surface area contributed by atoms with E-state index < -0.39 is 60.2 Å². The molecule has 4 N–H and O–H groups in total. The minimum atomic E-state index is -1.32. The summed E-state index contributed by atoms with van der Waals surface area (Å²) in [7, 11) is 2.84. The first-order valence-electron chi connectivity index (χ1n) is 30.6. The molecule has 6 amide bonds. The molecule has 0 radical (unpaired) electrons. The van der Waals surface area contributed by atoms with Crippen LogP contribution in [0.5, 0.6) is 5.75 Å². The SMILES string of the molecule is COC(=O)[C@H]1O[C@@H](Oc2ccc(COC(=O)Cc3cccc(C(=O)N(C)CCON(C(=O)CCCCCCNC(=O)Nc4ccncc4)C4CCCCC4)c3)cc2NC(=O)CCNC(=O)OCC2c3ccccc3-c3ccccc32)[C@H](C)[C@@H](C)[C@@H]1OC(C)=O. The average molecular weight is 1220 g/mol. The lowest BCUT2D eigenvalue weighted by Crippen LogP contribution is -2.55. The molecular weight excluding hydrogens is 1140 g/mol. The fraction of sp³-hybridized carbons (Fsp3) is 0.448. The van der Waals surface area contributed by atoms with Gasteiger partial charge >= 0.3 is 30.0 Å². The highest BCUT2D eigenvalue weighted by Gasteiger charge is 2.48. The summed E-state index contributed by atoms with van der Waals surface area (Å²) in [5.41, 5.74) is 6.47. The zero-order chi connectivity index (χ0) is 63.2. The molecule has 1 saturated carbocycles. The molecule has 0 spiro atoms. The van der Waals surface area contributed by atoms with Crippen molar-refractivity contribution in [3.63, 3.8) is 0 Å². The van der Waals surface area contributed by atoms with Crippen LogP contribution in [0.1, 0.15) is 130 Å². The zero-order valence-electron chi connectivity index (χ0n) is 51.2. The van der Waals surface area contributed by atoms with E-state index >= 15 is 0 Å². The van der Waals surface area contributed by atoms with E-state index in [4.69, 9.17) is 33.3 Å². The number of hydrogen-bond acceptors (Lipinski definition) is 16. The van der Waals surface area contributed by atoms with Gasteiger partial charge in [0.05, 0.1) is 31.9 Å². The van der Waals surface area contributed by atoms with Gasteiger partial charge in [-0.1, -0.05) is 113 Å². The monoisotopic (exact) mass is 1220 g/mol. The number of unbranched alkanes of at least 4 members (excludes halogenated alkanes) is 3. The highest BCUT2D eigenvalue weighted by Crippen LogP contribution is 2.45. The van der Waals surface area contributed by atoms with Crippen LogP contribution in [-0.2, 0) is 65.5 Å². The molecule has 4 aromatic carbocycles. The van der Waals surface area contributed by atoms with Gasteiger partial charge in [-0.25, -0.2) is 19.4 Å². The maximum Gasteiger partial charge on any atom is 0.407 e. The van der Waals surface area contributed by atoms with Crippen LogP contribution in [-0.4, -0.2) is 134 Å². The minimum absolute atomic E-state index is 0.0398. The van der Waals surface area contributed by atoms with Crippen molar-refractivity contribution in [3.8, 4) is 16.9 Å². The highest BCUT2D eigenvalue weighted by atomic mass is 16.7. The summed E-state index contributed by atoms with van der Waals surface area (Å²) in [4.78, 5) is 116. The molecule has 2 heterocycles. The number of rotatable bonds is 28. The van der Waals surface area contributed by atoms with E-state index in [-0.39, 0.29) is 87.0 Å². The molecule has 89 heavy (non-hydrogen) atoms. The first-order chi connectivity index (χ1) is 43.1. The van der Waals surface area contributed by atoms with Gasteiger partial charge in [-0.05, 0) is 95.5 Å².